The van der Waals surface area contributed by atoms with Crippen molar-refractivity contribution in [3.8, 4) is 0 Å². The van der Waals surface area contributed by atoms with E-state index in [2.05, 4.69) is 58.9 Å². The zero-order valence-electron chi connectivity index (χ0n) is 8.04. The van der Waals surface area contributed by atoms with Gasteiger partial charge in [0.25, 0.3) is 0 Å². The van der Waals surface area contributed by atoms with Crippen molar-refractivity contribution in [3.63, 3.8) is 0 Å². The molecule has 0 radical (unpaired) electrons. The van der Waals surface area contributed by atoms with Gasteiger partial charge in [-0.15, -0.1) is 6.58 Å². The molecule has 3 heteroatoms. The van der Waals surface area contributed by atoms with E-state index in [1.54, 1.807) is 0 Å². The van der Waals surface area contributed by atoms with Gasteiger partial charge in [0, 0.05) is 9.61 Å². The lowest BCUT2D eigenvalue weighted by atomic mass is 10.0. The van der Waals surface area contributed by atoms with Crippen molar-refractivity contribution >= 4 is 22.6 Å². The number of halogens is 1. The van der Waals surface area contributed by atoms with Crippen molar-refractivity contribution < 1.29 is 0 Å². The van der Waals surface area contributed by atoms with Gasteiger partial charge >= 0.3 is 0 Å². The summed E-state index contributed by atoms with van der Waals surface area (Å²) < 4.78 is 1.24. The standard InChI is InChI=1S/C11H15IN2/c1-2-3-7-11(14-13)9-5-4-6-10(12)8-9/h2,4-6,8,11,14H,1,3,7,13H2. The molecule has 0 saturated heterocycles. The van der Waals surface area contributed by atoms with E-state index in [1.165, 1.54) is 9.13 Å². The predicted octanol–water partition coefficient (Wildman–Crippen LogP) is 2.76. The van der Waals surface area contributed by atoms with Crippen molar-refractivity contribution in [1.29, 1.82) is 0 Å². The van der Waals surface area contributed by atoms with Gasteiger partial charge in [-0.3, -0.25) is 11.3 Å². The summed E-state index contributed by atoms with van der Waals surface area (Å²) in [5.41, 5.74) is 4.07. The van der Waals surface area contributed by atoms with E-state index in [0.29, 0.717) is 0 Å². The molecule has 0 spiro atoms. The SMILES string of the molecule is C=CCCC(NN)c1cccc(I)c1. The summed E-state index contributed by atoms with van der Waals surface area (Å²) in [5.74, 6) is 5.51. The second kappa shape index (κ2) is 6.16. The highest BCUT2D eigenvalue weighted by atomic mass is 127. The average molecular weight is 302 g/mol. The molecule has 0 fully saturated rings. The second-order valence-corrected chi connectivity index (χ2v) is 4.39. The maximum atomic E-state index is 5.51. The van der Waals surface area contributed by atoms with Gasteiger partial charge in [0.1, 0.15) is 0 Å². The first-order chi connectivity index (χ1) is 6.77. The first-order valence-electron chi connectivity index (χ1n) is 4.60. The summed E-state index contributed by atoms with van der Waals surface area (Å²) in [4.78, 5) is 0. The fourth-order valence-corrected chi connectivity index (χ4v) is 1.92. The van der Waals surface area contributed by atoms with E-state index >= 15 is 0 Å². The third kappa shape index (κ3) is 3.40. The van der Waals surface area contributed by atoms with E-state index in [1.807, 2.05) is 6.08 Å². The molecule has 1 aromatic carbocycles. The van der Waals surface area contributed by atoms with Gasteiger partial charge in [-0.25, -0.2) is 0 Å². The zero-order valence-corrected chi connectivity index (χ0v) is 10.2. The smallest absolute Gasteiger partial charge is 0.0463 e. The first-order valence-corrected chi connectivity index (χ1v) is 5.68. The normalized spacial score (nSPS) is 12.4. The van der Waals surface area contributed by atoms with E-state index in [9.17, 15) is 0 Å². The lowest BCUT2D eigenvalue weighted by molar-refractivity contribution is 0.520. The van der Waals surface area contributed by atoms with Crippen LogP contribution in [0.15, 0.2) is 36.9 Å². The minimum absolute atomic E-state index is 0.225. The van der Waals surface area contributed by atoms with Crippen LogP contribution in [-0.4, -0.2) is 0 Å². The Morgan fingerprint density at radius 2 is 2.36 bits per heavy atom. The molecule has 2 nitrogen and oxygen atoms in total. The molecule has 1 atom stereocenters. The molecular weight excluding hydrogens is 287 g/mol. The van der Waals surface area contributed by atoms with Crippen molar-refractivity contribution in [2.75, 3.05) is 0 Å². The number of benzene rings is 1. The number of rotatable bonds is 5. The summed E-state index contributed by atoms with van der Waals surface area (Å²) in [5, 5.41) is 0. The second-order valence-electron chi connectivity index (χ2n) is 3.14. The third-order valence-electron chi connectivity index (χ3n) is 2.11. The van der Waals surface area contributed by atoms with Crippen LogP contribution in [0.3, 0.4) is 0 Å². The monoisotopic (exact) mass is 302 g/mol. The van der Waals surface area contributed by atoms with Gasteiger partial charge in [0.15, 0.2) is 0 Å². The maximum Gasteiger partial charge on any atom is 0.0463 e. The molecule has 1 aromatic rings. The minimum Gasteiger partial charge on any atom is -0.271 e. The van der Waals surface area contributed by atoms with Gasteiger partial charge in [0.2, 0.25) is 0 Å². The molecule has 1 rings (SSSR count). The van der Waals surface area contributed by atoms with Crippen LogP contribution in [0.4, 0.5) is 0 Å². The molecule has 14 heavy (non-hydrogen) atoms. The lowest BCUT2D eigenvalue weighted by Crippen LogP contribution is -2.27. The Hall–Kier alpha value is -0.390. The largest absolute Gasteiger partial charge is 0.271 e. The molecular formula is C11H15IN2. The molecule has 76 valence electrons. The van der Waals surface area contributed by atoms with Crippen LogP contribution in [0, 0.1) is 3.57 Å². The summed E-state index contributed by atoms with van der Waals surface area (Å²) in [6, 6.07) is 8.59. The molecule has 0 aliphatic rings. The Morgan fingerprint density at radius 1 is 1.57 bits per heavy atom. The zero-order chi connectivity index (χ0) is 10.4. The summed E-state index contributed by atoms with van der Waals surface area (Å²) in [6.45, 7) is 3.71. The fourth-order valence-electron chi connectivity index (χ4n) is 1.35. The number of allylic oxidation sites excluding steroid dienone is 1. The maximum absolute atomic E-state index is 5.51. The lowest BCUT2D eigenvalue weighted by Gasteiger charge is -2.15. The van der Waals surface area contributed by atoms with Crippen molar-refractivity contribution in [2.45, 2.75) is 18.9 Å². The minimum atomic E-state index is 0.225. The van der Waals surface area contributed by atoms with Crippen LogP contribution < -0.4 is 11.3 Å². The first kappa shape index (κ1) is 11.7. The summed E-state index contributed by atoms with van der Waals surface area (Å²) >= 11 is 2.30. The van der Waals surface area contributed by atoms with Gasteiger partial charge in [-0.05, 0) is 53.1 Å². The summed E-state index contributed by atoms with van der Waals surface area (Å²) in [6.07, 6.45) is 3.87. The number of hydrogen-bond acceptors (Lipinski definition) is 2. The van der Waals surface area contributed by atoms with Gasteiger partial charge in [0.05, 0.1) is 0 Å². The van der Waals surface area contributed by atoms with E-state index in [0.717, 1.165) is 12.8 Å². The van der Waals surface area contributed by atoms with Crippen LogP contribution >= 0.6 is 22.6 Å². The van der Waals surface area contributed by atoms with Crippen LogP contribution in [-0.2, 0) is 0 Å². The Kier molecular flexibility index (Phi) is 5.14. The quantitative estimate of drug-likeness (QED) is 0.380. The Bertz CT molecular complexity index is 299. The molecule has 0 saturated carbocycles. The average Bonchev–Trinajstić information content (AvgIpc) is 2.19. The highest BCUT2D eigenvalue weighted by molar-refractivity contribution is 14.1. The van der Waals surface area contributed by atoms with Crippen molar-refractivity contribution in [1.82, 2.24) is 5.43 Å². The number of hydrogen-bond donors (Lipinski definition) is 2. The van der Waals surface area contributed by atoms with Gasteiger partial charge < -0.3 is 0 Å². The molecule has 0 bridgehead atoms. The Labute approximate surface area is 98.7 Å². The molecule has 0 aliphatic carbocycles. The number of nitrogens with one attached hydrogen (secondary N) is 1. The molecule has 0 aromatic heterocycles. The van der Waals surface area contributed by atoms with Gasteiger partial charge in [-0.2, -0.15) is 0 Å². The van der Waals surface area contributed by atoms with Crippen molar-refractivity contribution in [2.24, 2.45) is 5.84 Å². The van der Waals surface area contributed by atoms with Crippen LogP contribution in [0.5, 0.6) is 0 Å². The van der Waals surface area contributed by atoms with E-state index < -0.39 is 0 Å². The Morgan fingerprint density at radius 3 is 2.93 bits per heavy atom. The predicted molar refractivity (Wildman–Crippen MR) is 68.7 cm³/mol. The van der Waals surface area contributed by atoms with Crippen LogP contribution in [0.25, 0.3) is 0 Å². The third-order valence-corrected chi connectivity index (χ3v) is 2.78. The van der Waals surface area contributed by atoms with Crippen LogP contribution in [0.1, 0.15) is 24.4 Å². The van der Waals surface area contributed by atoms with E-state index in [-0.39, 0.29) is 6.04 Å². The number of nitrogens with two attached hydrogens (primary N) is 1. The Balaban J connectivity index is 2.72. The van der Waals surface area contributed by atoms with E-state index in [4.69, 9.17) is 5.84 Å². The molecule has 0 amide bonds. The fraction of sp³-hybridized carbons (Fsp3) is 0.273. The van der Waals surface area contributed by atoms with Crippen LogP contribution in [0.2, 0.25) is 0 Å². The van der Waals surface area contributed by atoms with Crippen molar-refractivity contribution in [3.05, 3.63) is 46.1 Å². The van der Waals surface area contributed by atoms with Gasteiger partial charge in [-0.1, -0.05) is 18.2 Å². The molecule has 1 unspecified atom stereocenters. The highest BCUT2D eigenvalue weighted by Crippen LogP contribution is 2.19. The highest BCUT2D eigenvalue weighted by Gasteiger charge is 2.07. The summed E-state index contributed by atoms with van der Waals surface area (Å²) in [7, 11) is 0. The topological polar surface area (TPSA) is 38.0 Å². The molecule has 3 N–H and O–H groups in total. The molecule has 0 heterocycles. The molecule has 0 aliphatic heterocycles. The number of hydrazine groups is 1.